The number of carbonyl (C=O) groups excluding carboxylic acids is 1. The van der Waals surface area contributed by atoms with Gasteiger partial charge in [0.15, 0.2) is 0 Å². The third-order valence-electron chi connectivity index (χ3n) is 3.51. The van der Waals surface area contributed by atoms with E-state index in [1.165, 1.54) is 5.56 Å². The van der Waals surface area contributed by atoms with Gasteiger partial charge in [-0.25, -0.2) is 0 Å². The maximum Gasteiger partial charge on any atom is 0.255 e. The van der Waals surface area contributed by atoms with Gasteiger partial charge in [0.2, 0.25) is 0 Å². The first-order valence-corrected chi connectivity index (χ1v) is 7.01. The Labute approximate surface area is 123 Å². The van der Waals surface area contributed by atoms with Crippen molar-refractivity contribution in [3.8, 4) is 0 Å². The number of benzene rings is 2. The first kappa shape index (κ1) is 13.2. The standard InChI is InChI=1S/C16H15ClN2O/c17-14-6-1-2-7-15(14)19-16(20)13-5-3-4-11-10-18-9-8-12(11)13/h1-7,18H,8-10H2,(H,19,20). The molecule has 4 heteroatoms. The molecule has 1 aliphatic heterocycles. The highest BCUT2D eigenvalue weighted by atomic mass is 35.5. The first-order valence-electron chi connectivity index (χ1n) is 6.63. The van der Waals surface area contributed by atoms with Gasteiger partial charge in [0.05, 0.1) is 10.7 Å². The molecule has 0 bridgehead atoms. The summed E-state index contributed by atoms with van der Waals surface area (Å²) in [6.45, 7) is 1.73. The highest BCUT2D eigenvalue weighted by Crippen LogP contribution is 2.23. The summed E-state index contributed by atoms with van der Waals surface area (Å²) in [7, 11) is 0. The number of hydrogen-bond acceptors (Lipinski definition) is 2. The van der Waals surface area contributed by atoms with E-state index in [2.05, 4.69) is 16.7 Å². The van der Waals surface area contributed by atoms with E-state index in [4.69, 9.17) is 11.6 Å². The number of fused-ring (bicyclic) bond motifs is 1. The van der Waals surface area contributed by atoms with E-state index in [0.29, 0.717) is 10.7 Å². The first-order chi connectivity index (χ1) is 9.75. The van der Waals surface area contributed by atoms with Gasteiger partial charge in [-0.2, -0.15) is 0 Å². The Kier molecular flexibility index (Phi) is 3.72. The summed E-state index contributed by atoms with van der Waals surface area (Å²) in [5, 5.41) is 6.75. The molecule has 3 rings (SSSR count). The highest BCUT2D eigenvalue weighted by molar-refractivity contribution is 6.33. The smallest absolute Gasteiger partial charge is 0.255 e. The predicted molar refractivity (Wildman–Crippen MR) is 81.3 cm³/mol. The van der Waals surface area contributed by atoms with Crippen molar-refractivity contribution in [3.05, 3.63) is 64.2 Å². The third-order valence-corrected chi connectivity index (χ3v) is 3.84. The molecule has 0 radical (unpaired) electrons. The van der Waals surface area contributed by atoms with Crippen molar-refractivity contribution >= 4 is 23.2 Å². The van der Waals surface area contributed by atoms with Crippen LogP contribution in [-0.4, -0.2) is 12.5 Å². The minimum absolute atomic E-state index is 0.100. The second-order valence-corrected chi connectivity index (χ2v) is 5.21. The summed E-state index contributed by atoms with van der Waals surface area (Å²) < 4.78 is 0. The highest BCUT2D eigenvalue weighted by Gasteiger charge is 2.17. The quantitative estimate of drug-likeness (QED) is 0.890. The van der Waals surface area contributed by atoms with Gasteiger partial charge in [0, 0.05) is 12.1 Å². The van der Waals surface area contributed by atoms with E-state index >= 15 is 0 Å². The number of rotatable bonds is 2. The molecule has 0 spiro atoms. The van der Waals surface area contributed by atoms with E-state index in [1.807, 2.05) is 24.3 Å². The van der Waals surface area contributed by atoms with Crippen LogP contribution in [0.1, 0.15) is 21.5 Å². The van der Waals surface area contributed by atoms with Crippen LogP contribution < -0.4 is 10.6 Å². The van der Waals surface area contributed by atoms with Gasteiger partial charge in [0.1, 0.15) is 0 Å². The second-order valence-electron chi connectivity index (χ2n) is 4.80. The molecule has 0 aromatic heterocycles. The Balaban J connectivity index is 1.90. The fourth-order valence-corrected chi connectivity index (χ4v) is 2.68. The topological polar surface area (TPSA) is 41.1 Å². The molecule has 0 fully saturated rings. The number of anilines is 1. The van der Waals surface area contributed by atoms with Crippen LogP contribution in [0.4, 0.5) is 5.69 Å². The molecular formula is C16H15ClN2O. The van der Waals surface area contributed by atoms with E-state index in [0.717, 1.165) is 30.6 Å². The van der Waals surface area contributed by atoms with Gasteiger partial charge in [-0.3, -0.25) is 4.79 Å². The Hall–Kier alpha value is -1.84. The summed E-state index contributed by atoms with van der Waals surface area (Å²) in [5.41, 5.74) is 3.72. The molecule has 2 N–H and O–H groups in total. The molecule has 0 saturated carbocycles. The molecule has 0 aliphatic carbocycles. The SMILES string of the molecule is O=C(Nc1ccccc1Cl)c1cccc2c1CCNC2. The number of halogens is 1. The maximum absolute atomic E-state index is 12.4. The van der Waals surface area contributed by atoms with Crippen LogP contribution in [0.25, 0.3) is 0 Å². The molecule has 1 heterocycles. The monoisotopic (exact) mass is 286 g/mol. The van der Waals surface area contributed by atoms with Crippen LogP contribution in [0.2, 0.25) is 5.02 Å². The lowest BCUT2D eigenvalue weighted by Gasteiger charge is -2.20. The fourth-order valence-electron chi connectivity index (χ4n) is 2.50. The van der Waals surface area contributed by atoms with Gasteiger partial charge >= 0.3 is 0 Å². The lowest BCUT2D eigenvalue weighted by molar-refractivity contribution is 0.102. The molecule has 0 saturated heterocycles. The summed E-state index contributed by atoms with van der Waals surface area (Å²) >= 11 is 6.07. The number of para-hydroxylation sites is 1. The molecule has 20 heavy (non-hydrogen) atoms. The zero-order valence-electron chi connectivity index (χ0n) is 10.9. The van der Waals surface area contributed by atoms with Crippen molar-refractivity contribution in [1.29, 1.82) is 0 Å². The van der Waals surface area contributed by atoms with Crippen LogP contribution in [0.3, 0.4) is 0 Å². The van der Waals surface area contributed by atoms with E-state index in [1.54, 1.807) is 12.1 Å². The normalized spacial score (nSPS) is 13.7. The van der Waals surface area contributed by atoms with Crippen LogP contribution in [0.5, 0.6) is 0 Å². The van der Waals surface area contributed by atoms with Crippen molar-refractivity contribution in [3.63, 3.8) is 0 Å². The zero-order valence-corrected chi connectivity index (χ0v) is 11.7. The predicted octanol–water partition coefficient (Wildman–Crippen LogP) is 3.24. The number of hydrogen-bond donors (Lipinski definition) is 2. The number of amides is 1. The van der Waals surface area contributed by atoms with Crippen molar-refractivity contribution in [2.45, 2.75) is 13.0 Å². The Morgan fingerprint density at radius 2 is 2.00 bits per heavy atom. The summed E-state index contributed by atoms with van der Waals surface area (Å²) in [6, 6.07) is 13.1. The molecule has 2 aromatic carbocycles. The van der Waals surface area contributed by atoms with Gasteiger partial charge in [-0.15, -0.1) is 0 Å². The summed E-state index contributed by atoms with van der Waals surface area (Å²) in [5.74, 6) is -0.100. The molecule has 1 aliphatic rings. The lowest BCUT2D eigenvalue weighted by atomic mass is 9.95. The Morgan fingerprint density at radius 3 is 2.85 bits per heavy atom. The van der Waals surface area contributed by atoms with Crippen molar-refractivity contribution in [2.75, 3.05) is 11.9 Å². The molecule has 0 unspecified atom stereocenters. The van der Waals surface area contributed by atoms with Crippen LogP contribution in [0, 0.1) is 0 Å². The maximum atomic E-state index is 12.4. The number of carbonyl (C=O) groups is 1. The molecule has 1 amide bonds. The molecule has 0 atom stereocenters. The van der Waals surface area contributed by atoms with E-state index in [-0.39, 0.29) is 5.91 Å². The van der Waals surface area contributed by atoms with Crippen LogP contribution in [0.15, 0.2) is 42.5 Å². The van der Waals surface area contributed by atoms with Gasteiger partial charge < -0.3 is 10.6 Å². The van der Waals surface area contributed by atoms with Gasteiger partial charge in [-0.05, 0) is 42.3 Å². The molecular weight excluding hydrogens is 272 g/mol. The average molecular weight is 287 g/mol. The number of nitrogens with one attached hydrogen (secondary N) is 2. The summed E-state index contributed by atoms with van der Waals surface area (Å²) in [6.07, 6.45) is 0.876. The Morgan fingerprint density at radius 1 is 1.15 bits per heavy atom. The second kappa shape index (κ2) is 5.65. The minimum atomic E-state index is -0.100. The molecule has 2 aromatic rings. The van der Waals surface area contributed by atoms with Crippen molar-refractivity contribution < 1.29 is 4.79 Å². The average Bonchev–Trinajstić information content (AvgIpc) is 2.49. The fraction of sp³-hybridized carbons (Fsp3) is 0.188. The van der Waals surface area contributed by atoms with Crippen LogP contribution in [-0.2, 0) is 13.0 Å². The largest absolute Gasteiger partial charge is 0.321 e. The lowest BCUT2D eigenvalue weighted by Crippen LogP contribution is -2.26. The third kappa shape index (κ3) is 2.55. The van der Waals surface area contributed by atoms with Gasteiger partial charge in [-0.1, -0.05) is 35.9 Å². The van der Waals surface area contributed by atoms with Crippen molar-refractivity contribution in [1.82, 2.24) is 5.32 Å². The summed E-state index contributed by atoms with van der Waals surface area (Å²) in [4.78, 5) is 12.4. The van der Waals surface area contributed by atoms with E-state index < -0.39 is 0 Å². The zero-order chi connectivity index (χ0) is 13.9. The van der Waals surface area contributed by atoms with Gasteiger partial charge in [0.25, 0.3) is 5.91 Å². The Bertz CT molecular complexity index is 655. The minimum Gasteiger partial charge on any atom is -0.321 e. The van der Waals surface area contributed by atoms with E-state index in [9.17, 15) is 4.79 Å². The molecule has 3 nitrogen and oxygen atoms in total. The van der Waals surface area contributed by atoms with Crippen LogP contribution >= 0.6 is 11.6 Å². The van der Waals surface area contributed by atoms with Crippen molar-refractivity contribution in [2.24, 2.45) is 0 Å². The molecule has 102 valence electrons.